The van der Waals surface area contributed by atoms with Gasteiger partial charge in [0.1, 0.15) is 5.56 Å². The Hall–Kier alpha value is -3.95. The first kappa shape index (κ1) is 22.7. The number of nitrogens with one attached hydrogen (secondary N) is 1. The summed E-state index contributed by atoms with van der Waals surface area (Å²) in [6.45, 7) is 2.80. The molecule has 0 atom stereocenters. The van der Waals surface area contributed by atoms with Gasteiger partial charge in [-0.1, -0.05) is 12.1 Å². The molecule has 2 aromatic carbocycles. The van der Waals surface area contributed by atoms with E-state index in [2.05, 4.69) is 15.2 Å². The smallest absolute Gasteiger partial charge is 0.434 e. The molecule has 0 unspecified atom stereocenters. The largest absolute Gasteiger partial charge is 0.462 e. The predicted octanol–water partition coefficient (Wildman–Crippen LogP) is 4.52. The molecular weight excluding hydrogens is 427 g/mol. The van der Waals surface area contributed by atoms with E-state index in [0.717, 1.165) is 6.20 Å². The van der Waals surface area contributed by atoms with Gasteiger partial charge in [0.15, 0.2) is 11.5 Å². The summed E-state index contributed by atoms with van der Waals surface area (Å²) >= 11 is 0. The van der Waals surface area contributed by atoms with Crippen LogP contribution in [0, 0.1) is 0 Å². The Labute approximate surface area is 180 Å². The summed E-state index contributed by atoms with van der Waals surface area (Å²) in [7, 11) is 0. The number of ether oxygens (including phenoxy) is 1. The van der Waals surface area contributed by atoms with E-state index < -0.39 is 29.3 Å². The van der Waals surface area contributed by atoms with Crippen molar-refractivity contribution in [3.8, 4) is 5.69 Å². The van der Waals surface area contributed by atoms with Crippen LogP contribution in [0.5, 0.6) is 0 Å². The van der Waals surface area contributed by atoms with Crippen molar-refractivity contribution in [2.75, 3.05) is 11.9 Å². The monoisotopic (exact) mass is 445 g/mol. The molecule has 0 aliphatic carbocycles. The minimum Gasteiger partial charge on any atom is -0.462 e. The summed E-state index contributed by atoms with van der Waals surface area (Å²) in [5.74, 6) is -1.80. The number of alkyl halides is 3. The minimum absolute atomic E-state index is 0.00278. The van der Waals surface area contributed by atoms with Crippen LogP contribution in [0.25, 0.3) is 5.69 Å². The molecule has 0 aliphatic rings. The van der Waals surface area contributed by atoms with E-state index in [1.54, 1.807) is 18.2 Å². The fraction of sp³-hybridized carbons (Fsp3) is 0.182. The summed E-state index contributed by atoms with van der Waals surface area (Å²) in [5.41, 5.74) is -0.969. The van der Waals surface area contributed by atoms with Crippen molar-refractivity contribution in [3.63, 3.8) is 0 Å². The Morgan fingerprint density at radius 1 is 1.06 bits per heavy atom. The van der Waals surface area contributed by atoms with Gasteiger partial charge >= 0.3 is 12.1 Å². The van der Waals surface area contributed by atoms with Crippen LogP contribution in [0.4, 0.5) is 18.9 Å². The van der Waals surface area contributed by atoms with Crippen molar-refractivity contribution in [2.45, 2.75) is 20.0 Å². The van der Waals surface area contributed by atoms with Gasteiger partial charge in [0, 0.05) is 16.8 Å². The molecule has 0 saturated heterocycles. The molecule has 10 heteroatoms. The highest BCUT2D eigenvalue weighted by Gasteiger charge is 2.41. The number of carbonyl (C=O) groups excluding carboxylic acids is 3. The van der Waals surface area contributed by atoms with Crippen LogP contribution in [0.2, 0.25) is 0 Å². The lowest BCUT2D eigenvalue weighted by molar-refractivity contribution is -0.143. The fourth-order valence-electron chi connectivity index (χ4n) is 2.95. The number of anilines is 1. The summed E-state index contributed by atoms with van der Waals surface area (Å²) in [5, 5.41) is 6.31. The lowest BCUT2D eigenvalue weighted by atomic mass is 10.1. The maximum Gasteiger partial charge on any atom is 0.434 e. The van der Waals surface area contributed by atoms with E-state index in [9.17, 15) is 27.6 Å². The van der Waals surface area contributed by atoms with Crippen molar-refractivity contribution in [2.24, 2.45) is 0 Å². The molecule has 3 aromatic rings. The number of hydrogen-bond acceptors (Lipinski definition) is 5. The Morgan fingerprint density at radius 2 is 1.75 bits per heavy atom. The Balaban J connectivity index is 1.87. The number of aromatic nitrogens is 2. The number of nitrogens with zero attached hydrogens (tertiary/aromatic N) is 2. The van der Waals surface area contributed by atoms with Crippen molar-refractivity contribution in [3.05, 3.63) is 77.1 Å². The zero-order chi connectivity index (χ0) is 23.5. The quantitative estimate of drug-likeness (QED) is 0.445. The van der Waals surface area contributed by atoms with Crippen LogP contribution in [0.3, 0.4) is 0 Å². The maximum absolute atomic E-state index is 13.6. The summed E-state index contributed by atoms with van der Waals surface area (Å²) in [4.78, 5) is 35.8. The second-order valence-corrected chi connectivity index (χ2v) is 6.67. The number of amides is 1. The van der Waals surface area contributed by atoms with Gasteiger partial charge in [0.05, 0.1) is 18.5 Å². The van der Waals surface area contributed by atoms with Crippen molar-refractivity contribution in [1.29, 1.82) is 0 Å². The van der Waals surface area contributed by atoms with Gasteiger partial charge < -0.3 is 10.1 Å². The maximum atomic E-state index is 13.6. The fourth-order valence-corrected chi connectivity index (χ4v) is 2.95. The molecule has 0 saturated carbocycles. The van der Waals surface area contributed by atoms with E-state index in [0.29, 0.717) is 15.9 Å². The number of ketones is 1. The third kappa shape index (κ3) is 4.85. The molecule has 32 heavy (non-hydrogen) atoms. The van der Waals surface area contributed by atoms with E-state index in [-0.39, 0.29) is 23.6 Å². The zero-order valence-electron chi connectivity index (χ0n) is 17.1. The van der Waals surface area contributed by atoms with Gasteiger partial charge in [-0.3, -0.25) is 9.59 Å². The third-order valence-electron chi connectivity index (χ3n) is 4.43. The number of hydrogen-bond donors (Lipinski definition) is 1. The number of benzene rings is 2. The molecule has 0 radical (unpaired) electrons. The highest BCUT2D eigenvalue weighted by Crippen LogP contribution is 2.34. The Bertz CT molecular complexity index is 1170. The van der Waals surface area contributed by atoms with Crippen molar-refractivity contribution >= 4 is 23.3 Å². The van der Waals surface area contributed by atoms with Crippen LogP contribution in [0.1, 0.15) is 50.6 Å². The first-order chi connectivity index (χ1) is 15.1. The summed E-state index contributed by atoms with van der Waals surface area (Å²) in [6, 6.07) is 11.6. The first-order valence-corrected chi connectivity index (χ1v) is 9.47. The van der Waals surface area contributed by atoms with Gasteiger partial charge in [-0.15, -0.1) is 0 Å². The molecule has 1 N–H and O–H groups in total. The molecule has 0 spiro atoms. The molecular formula is C22H18F3N3O4. The van der Waals surface area contributed by atoms with Crippen LogP contribution < -0.4 is 5.32 Å². The topological polar surface area (TPSA) is 90.3 Å². The molecule has 7 nitrogen and oxygen atoms in total. The third-order valence-corrected chi connectivity index (χ3v) is 4.43. The lowest BCUT2D eigenvalue weighted by Crippen LogP contribution is -2.18. The Kier molecular flexibility index (Phi) is 6.42. The second kappa shape index (κ2) is 9.04. The van der Waals surface area contributed by atoms with E-state index >= 15 is 0 Å². The molecule has 1 aromatic heterocycles. The van der Waals surface area contributed by atoms with Gasteiger partial charge in [-0.2, -0.15) is 18.3 Å². The van der Waals surface area contributed by atoms with Gasteiger partial charge in [-0.05, 0) is 50.2 Å². The van der Waals surface area contributed by atoms with Crippen molar-refractivity contribution in [1.82, 2.24) is 9.78 Å². The normalized spacial score (nSPS) is 11.2. The average molecular weight is 445 g/mol. The Morgan fingerprint density at radius 3 is 2.34 bits per heavy atom. The zero-order valence-corrected chi connectivity index (χ0v) is 17.1. The second-order valence-electron chi connectivity index (χ2n) is 6.67. The molecule has 1 amide bonds. The number of Topliss-reactive ketones (excluding diaryl/α,β-unsaturated/α-hetero) is 1. The number of esters is 1. The first-order valence-electron chi connectivity index (χ1n) is 9.47. The standard InChI is InChI=1S/C22H18F3N3O4/c1-3-32-21(31)18-12-26-28(19(18)22(23,24)25)17-9-7-14(8-10-17)20(30)27-16-6-4-5-15(11-16)13(2)29/h4-12H,3H2,1-2H3,(H,27,30). The predicted molar refractivity (Wildman–Crippen MR) is 109 cm³/mol. The molecule has 3 rings (SSSR count). The van der Waals surface area contributed by atoms with Crippen LogP contribution in [-0.2, 0) is 10.9 Å². The highest BCUT2D eigenvalue weighted by atomic mass is 19.4. The number of halogens is 3. The van der Waals surface area contributed by atoms with Crippen LogP contribution in [0.15, 0.2) is 54.7 Å². The van der Waals surface area contributed by atoms with E-state index in [1.165, 1.54) is 44.2 Å². The summed E-state index contributed by atoms with van der Waals surface area (Å²) in [6.07, 6.45) is -4.07. The SMILES string of the molecule is CCOC(=O)c1cnn(-c2ccc(C(=O)Nc3cccc(C(C)=O)c3)cc2)c1C(F)(F)F. The minimum atomic E-state index is -4.86. The van der Waals surface area contributed by atoms with Crippen LogP contribution >= 0.6 is 0 Å². The molecule has 166 valence electrons. The molecule has 1 heterocycles. The number of rotatable bonds is 6. The summed E-state index contributed by atoms with van der Waals surface area (Å²) < 4.78 is 46.1. The molecule has 0 aliphatic heterocycles. The van der Waals surface area contributed by atoms with Gasteiger partial charge in [-0.25, -0.2) is 9.48 Å². The van der Waals surface area contributed by atoms with E-state index in [4.69, 9.17) is 0 Å². The van der Waals surface area contributed by atoms with Gasteiger partial charge in [0.25, 0.3) is 5.91 Å². The average Bonchev–Trinajstić information content (AvgIpc) is 3.20. The van der Waals surface area contributed by atoms with E-state index in [1.807, 2.05) is 0 Å². The number of carbonyl (C=O) groups is 3. The van der Waals surface area contributed by atoms with Crippen LogP contribution in [-0.4, -0.2) is 34.0 Å². The van der Waals surface area contributed by atoms with Crippen molar-refractivity contribution < 1.29 is 32.3 Å². The lowest BCUT2D eigenvalue weighted by Gasteiger charge is -2.13. The molecule has 0 fully saturated rings. The molecule has 0 bridgehead atoms. The van der Waals surface area contributed by atoms with Gasteiger partial charge in [0.2, 0.25) is 0 Å². The highest BCUT2D eigenvalue weighted by molar-refractivity contribution is 6.05.